The van der Waals surface area contributed by atoms with E-state index in [1.807, 2.05) is 6.07 Å². The van der Waals surface area contributed by atoms with Gasteiger partial charge in [-0.2, -0.15) is 0 Å². The molecule has 0 saturated carbocycles. The van der Waals surface area contributed by atoms with Crippen molar-refractivity contribution in [2.45, 2.75) is 32.8 Å². The lowest BCUT2D eigenvalue weighted by Crippen LogP contribution is -2.20. The molecule has 0 aliphatic carbocycles. The number of para-hydroxylation sites is 1. The molecule has 2 nitrogen and oxygen atoms in total. The van der Waals surface area contributed by atoms with Gasteiger partial charge in [0.1, 0.15) is 12.4 Å². The van der Waals surface area contributed by atoms with E-state index in [4.69, 9.17) is 4.74 Å². The number of nitrogens with zero attached hydrogens (tertiary/aromatic N) is 1. The molecule has 24 heavy (non-hydrogen) atoms. The van der Waals surface area contributed by atoms with Gasteiger partial charge in [0.25, 0.3) is 0 Å². The van der Waals surface area contributed by atoms with Crippen molar-refractivity contribution in [3.63, 3.8) is 0 Å². The summed E-state index contributed by atoms with van der Waals surface area (Å²) in [5, 5.41) is 0. The number of unbranched alkanes of at least 4 members (excludes halogenated alkanes) is 1. The van der Waals surface area contributed by atoms with Crippen molar-refractivity contribution in [2.24, 2.45) is 0 Å². The maximum atomic E-state index is 6.03. The van der Waals surface area contributed by atoms with E-state index in [9.17, 15) is 0 Å². The average Bonchev–Trinajstić information content (AvgIpc) is 2.78. The van der Waals surface area contributed by atoms with Crippen LogP contribution in [0.4, 0.5) is 0 Å². The smallest absolute Gasteiger partial charge is 0.127 e. The summed E-state index contributed by atoms with van der Waals surface area (Å²) in [7, 11) is 2.21. The zero-order valence-corrected chi connectivity index (χ0v) is 14.8. The average molecular weight is 321 g/mol. The molecule has 0 amide bonds. The normalized spacial score (nSPS) is 14.9. The van der Waals surface area contributed by atoms with E-state index in [0.717, 1.165) is 18.7 Å². The Hall–Kier alpha value is -2.06. The first-order valence-corrected chi connectivity index (χ1v) is 8.98. The summed E-state index contributed by atoms with van der Waals surface area (Å²) in [5.74, 6) is 0.985. The fourth-order valence-electron chi connectivity index (χ4n) is 3.21. The second kappa shape index (κ2) is 8.16. The molecule has 1 heterocycles. The molecule has 1 aliphatic heterocycles. The van der Waals surface area contributed by atoms with Gasteiger partial charge in [-0.15, -0.1) is 0 Å². The van der Waals surface area contributed by atoms with E-state index in [0.29, 0.717) is 6.61 Å². The molecule has 0 radical (unpaired) electrons. The molecule has 2 aromatic rings. The fourth-order valence-corrected chi connectivity index (χ4v) is 3.21. The van der Waals surface area contributed by atoms with Crippen molar-refractivity contribution >= 4 is 5.57 Å². The molecule has 2 heteroatoms. The van der Waals surface area contributed by atoms with Gasteiger partial charge in [-0.05, 0) is 49.2 Å². The third-order valence-corrected chi connectivity index (χ3v) is 4.62. The highest BCUT2D eigenvalue weighted by atomic mass is 16.5. The van der Waals surface area contributed by atoms with E-state index in [-0.39, 0.29) is 0 Å². The summed E-state index contributed by atoms with van der Waals surface area (Å²) < 4.78 is 6.03. The number of hydrogen-bond acceptors (Lipinski definition) is 2. The number of hydrogen-bond donors (Lipinski definition) is 0. The molecule has 0 atom stereocenters. The molecule has 126 valence electrons. The predicted molar refractivity (Wildman–Crippen MR) is 101 cm³/mol. The quantitative estimate of drug-likeness (QED) is 0.731. The Labute approximate surface area is 145 Å². The molecule has 3 rings (SSSR count). The predicted octanol–water partition coefficient (Wildman–Crippen LogP) is 5.13. The van der Waals surface area contributed by atoms with Crippen LogP contribution in [0.15, 0.2) is 54.6 Å². The zero-order chi connectivity index (χ0) is 16.8. The molecule has 0 aromatic heterocycles. The third-order valence-electron chi connectivity index (χ3n) is 4.62. The first-order valence-electron chi connectivity index (χ1n) is 8.98. The van der Waals surface area contributed by atoms with Crippen molar-refractivity contribution < 1.29 is 4.74 Å². The van der Waals surface area contributed by atoms with Crippen LogP contribution in [0.1, 0.15) is 42.9 Å². The lowest BCUT2D eigenvalue weighted by Gasteiger charge is -2.16. The third kappa shape index (κ3) is 3.88. The van der Waals surface area contributed by atoms with E-state index < -0.39 is 0 Å². The summed E-state index contributed by atoms with van der Waals surface area (Å²) in [6.45, 7) is 5.15. The first-order chi connectivity index (χ1) is 11.8. The highest BCUT2D eigenvalue weighted by Crippen LogP contribution is 2.36. The Kier molecular flexibility index (Phi) is 5.71. The van der Waals surface area contributed by atoms with Crippen LogP contribution < -0.4 is 4.74 Å². The second-order valence-corrected chi connectivity index (χ2v) is 6.51. The van der Waals surface area contributed by atoms with Crippen LogP contribution in [0.3, 0.4) is 0 Å². The van der Waals surface area contributed by atoms with Crippen molar-refractivity contribution in [3.05, 3.63) is 71.3 Å². The summed E-state index contributed by atoms with van der Waals surface area (Å²) in [6.07, 6.45) is 5.96. The molecule has 0 fully saturated rings. The minimum atomic E-state index is 0.640. The fraction of sp³-hybridized carbons (Fsp3) is 0.364. The topological polar surface area (TPSA) is 12.5 Å². The summed E-state index contributed by atoms with van der Waals surface area (Å²) in [5.41, 5.74) is 5.08. The molecule has 1 aliphatic rings. The van der Waals surface area contributed by atoms with Gasteiger partial charge in [0.15, 0.2) is 0 Å². The van der Waals surface area contributed by atoms with Crippen LogP contribution >= 0.6 is 0 Å². The van der Waals surface area contributed by atoms with Gasteiger partial charge in [-0.1, -0.05) is 61.9 Å². The summed E-state index contributed by atoms with van der Waals surface area (Å²) >= 11 is 0. The SMILES string of the molecule is CCCCN(C)CCC=C1c2ccccc2COc2ccccc21. The van der Waals surface area contributed by atoms with Crippen LogP contribution in [0.5, 0.6) is 5.75 Å². The van der Waals surface area contributed by atoms with Crippen molar-refractivity contribution in [1.82, 2.24) is 4.90 Å². The second-order valence-electron chi connectivity index (χ2n) is 6.51. The highest BCUT2D eigenvalue weighted by molar-refractivity contribution is 5.84. The molecular formula is C22H27NO. The lowest BCUT2D eigenvalue weighted by molar-refractivity contribution is 0.307. The van der Waals surface area contributed by atoms with Crippen LogP contribution in [0, 0.1) is 0 Å². The van der Waals surface area contributed by atoms with Crippen molar-refractivity contribution in [2.75, 3.05) is 20.1 Å². The number of rotatable bonds is 6. The van der Waals surface area contributed by atoms with Gasteiger partial charge in [0.05, 0.1) is 0 Å². The van der Waals surface area contributed by atoms with E-state index in [1.165, 1.54) is 41.6 Å². The number of fused-ring (bicyclic) bond motifs is 2. The molecular weight excluding hydrogens is 294 g/mol. The van der Waals surface area contributed by atoms with E-state index in [2.05, 4.69) is 67.4 Å². The van der Waals surface area contributed by atoms with E-state index in [1.54, 1.807) is 0 Å². The maximum absolute atomic E-state index is 6.03. The molecule has 0 spiro atoms. The number of ether oxygens (including phenoxy) is 1. The van der Waals surface area contributed by atoms with Crippen molar-refractivity contribution in [3.8, 4) is 5.75 Å². The Morgan fingerprint density at radius 2 is 1.75 bits per heavy atom. The van der Waals surface area contributed by atoms with Crippen LogP contribution in [-0.4, -0.2) is 25.0 Å². The van der Waals surface area contributed by atoms with Gasteiger partial charge in [0, 0.05) is 12.1 Å². The largest absolute Gasteiger partial charge is 0.488 e. The highest BCUT2D eigenvalue weighted by Gasteiger charge is 2.18. The zero-order valence-electron chi connectivity index (χ0n) is 14.8. The van der Waals surface area contributed by atoms with Gasteiger partial charge >= 0.3 is 0 Å². The first kappa shape index (κ1) is 16.8. The summed E-state index contributed by atoms with van der Waals surface area (Å²) in [6, 6.07) is 17.0. The van der Waals surface area contributed by atoms with Crippen LogP contribution in [0.25, 0.3) is 5.57 Å². The minimum absolute atomic E-state index is 0.640. The standard InChI is InChI=1S/C22H27NO/c1-3-4-15-23(2)16-9-13-20-19-11-6-5-10-18(19)17-24-22-14-8-7-12-21(20)22/h5-8,10-14H,3-4,9,15-17H2,1-2H3. The molecule has 0 unspecified atom stereocenters. The van der Waals surface area contributed by atoms with Gasteiger partial charge in [-0.25, -0.2) is 0 Å². The van der Waals surface area contributed by atoms with Gasteiger partial charge in [-0.3, -0.25) is 0 Å². The lowest BCUT2D eigenvalue weighted by atomic mass is 9.93. The Morgan fingerprint density at radius 3 is 2.58 bits per heavy atom. The molecule has 0 bridgehead atoms. The van der Waals surface area contributed by atoms with Gasteiger partial charge < -0.3 is 9.64 Å². The van der Waals surface area contributed by atoms with Crippen LogP contribution in [-0.2, 0) is 6.61 Å². The minimum Gasteiger partial charge on any atom is -0.488 e. The Balaban J connectivity index is 1.86. The maximum Gasteiger partial charge on any atom is 0.127 e. The molecule has 0 saturated heterocycles. The monoisotopic (exact) mass is 321 g/mol. The molecule has 0 N–H and O–H groups in total. The summed E-state index contributed by atoms with van der Waals surface area (Å²) in [4.78, 5) is 2.42. The van der Waals surface area contributed by atoms with E-state index >= 15 is 0 Å². The Bertz CT molecular complexity index is 655. The van der Waals surface area contributed by atoms with Crippen molar-refractivity contribution in [1.29, 1.82) is 0 Å². The number of benzene rings is 2. The van der Waals surface area contributed by atoms with Gasteiger partial charge in [0.2, 0.25) is 0 Å². The Morgan fingerprint density at radius 1 is 1.00 bits per heavy atom. The van der Waals surface area contributed by atoms with Crippen LogP contribution in [0.2, 0.25) is 0 Å². The molecule has 2 aromatic carbocycles.